The number of esters is 1. The van der Waals surface area contributed by atoms with Gasteiger partial charge in [0.05, 0.1) is 29.3 Å². The van der Waals surface area contributed by atoms with Crippen molar-refractivity contribution in [2.24, 2.45) is 5.73 Å². The summed E-state index contributed by atoms with van der Waals surface area (Å²) in [6.45, 7) is 7.54. The number of carbonyl (C=O) groups is 1. The highest BCUT2D eigenvalue weighted by Gasteiger charge is 2.29. The molecule has 1 fully saturated rings. The van der Waals surface area contributed by atoms with Gasteiger partial charge in [-0.25, -0.2) is 17.5 Å². The number of carbonyl (C=O) groups excluding carboxylic acids is 1. The first kappa shape index (κ1) is 26.2. The fourth-order valence-corrected chi connectivity index (χ4v) is 5.51. The number of aromatic nitrogens is 1. The molecular weight excluding hydrogens is 486 g/mol. The van der Waals surface area contributed by atoms with E-state index in [2.05, 4.69) is 11.6 Å². The molecule has 0 spiro atoms. The van der Waals surface area contributed by atoms with Crippen molar-refractivity contribution in [1.82, 2.24) is 9.29 Å². The predicted octanol–water partition coefficient (Wildman–Crippen LogP) is 5.32. The molecule has 7 nitrogen and oxygen atoms in total. The number of nitrogens with zero attached hydrogens (tertiary/aromatic N) is 2. The van der Waals surface area contributed by atoms with Gasteiger partial charge in [-0.1, -0.05) is 43.0 Å². The number of rotatable bonds is 10. The topological polar surface area (TPSA) is 103 Å². The van der Waals surface area contributed by atoms with Crippen LogP contribution >= 0.6 is 0 Å². The van der Waals surface area contributed by atoms with Crippen molar-refractivity contribution in [3.05, 3.63) is 107 Å². The van der Waals surface area contributed by atoms with Crippen LogP contribution in [-0.4, -0.2) is 30.3 Å². The minimum atomic E-state index is -4.11. The maximum atomic E-state index is 13.9. The summed E-state index contributed by atoms with van der Waals surface area (Å²) in [7, 11) is -4.11. The summed E-state index contributed by atoms with van der Waals surface area (Å²) >= 11 is 0. The second-order valence-electron chi connectivity index (χ2n) is 8.92. The van der Waals surface area contributed by atoms with Gasteiger partial charge in [0.1, 0.15) is 5.82 Å². The van der Waals surface area contributed by atoms with Crippen LogP contribution < -0.4 is 5.73 Å². The molecule has 0 saturated heterocycles. The SMILES string of the molecule is C=Cc1ccccc1/C(C)=C(\N)N(Cc1ccc(C2CC2)cn1)S(=O)(=O)c1ccc(C(=O)OCC)cc1. The lowest BCUT2D eigenvalue weighted by Gasteiger charge is -2.26. The Morgan fingerprint density at radius 2 is 1.84 bits per heavy atom. The fourth-order valence-electron chi connectivity index (χ4n) is 4.08. The van der Waals surface area contributed by atoms with E-state index in [1.807, 2.05) is 42.6 Å². The zero-order valence-electron chi connectivity index (χ0n) is 21.1. The summed E-state index contributed by atoms with van der Waals surface area (Å²) in [5.74, 6) is 0.110. The molecule has 3 aromatic rings. The van der Waals surface area contributed by atoms with Gasteiger partial charge in [0, 0.05) is 6.20 Å². The lowest BCUT2D eigenvalue weighted by molar-refractivity contribution is 0.0526. The van der Waals surface area contributed by atoms with Gasteiger partial charge < -0.3 is 10.5 Å². The van der Waals surface area contributed by atoms with E-state index >= 15 is 0 Å². The third-order valence-electron chi connectivity index (χ3n) is 6.39. The van der Waals surface area contributed by atoms with Crippen molar-refractivity contribution < 1.29 is 17.9 Å². The van der Waals surface area contributed by atoms with Gasteiger partial charge in [0.15, 0.2) is 0 Å². The van der Waals surface area contributed by atoms with Gasteiger partial charge in [-0.05, 0) is 85.2 Å². The molecule has 192 valence electrons. The van der Waals surface area contributed by atoms with Crippen LogP contribution in [-0.2, 0) is 21.3 Å². The van der Waals surface area contributed by atoms with E-state index in [1.165, 1.54) is 28.6 Å². The fraction of sp³-hybridized carbons (Fsp3) is 0.241. The number of allylic oxidation sites excluding steroid dienone is 1. The van der Waals surface area contributed by atoms with Crippen LogP contribution in [0.15, 0.2) is 84.2 Å². The third-order valence-corrected chi connectivity index (χ3v) is 8.17. The van der Waals surface area contributed by atoms with Crippen LogP contribution in [0.25, 0.3) is 11.6 Å². The van der Waals surface area contributed by atoms with Crippen molar-refractivity contribution in [3.63, 3.8) is 0 Å². The summed E-state index contributed by atoms with van der Waals surface area (Å²) < 4.78 is 34.0. The number of nitrogens with two attached hydrogens (primary N) is 1. The highest BCUT2D eigenvalue weighted by Crippen LogP contribution is 2.39. The molecule has 1 heterocycles. The minimum absolute atomic E-state index is 0.00269. The summed E-state index contributed by atoms with van der Waals surface area (Å²) in [5.41, 5.74) is 10.8. The Morgan fingerprint density at radius 1 is 1.14 bits per heavy atom. The standard InChI is InChI=1S/C29H31N3O4S/c1-4-21-8-6-7-9-27(21)20(3)28(30)32(19-25-15-12-24(18-31-25)22-10-11-22)37(34,35)26-16-13-23(14-17-26)29(33)36-5-2/h4,6-9,12-18,22H,1,5,10-11,19,30H2,2-3H3/b28-20+. The van der Waals surface area contributed by atoms with Crippen molar-refractivity contribution in [3.8, 4) is 0 Å². The van der Waals surface area contributed by atoms with Crippen molar-refractivity contribution in [2.75, 3.05) is 6.61 Å². The van der Waals surface area contributed by atoms with E-state index in [1.54, 1.807) is 19.9 Å². The second-order valence-corrected chi connectivity index (χ2v) is 10.8. The normalized spacial score (nSPS) is 14.0. The van der Waals surface area contributed by atoms with Crippen LogP contribution in [0, 0.1) is 0 Å². The van der Waals surface area contributed by atoms with Gasteiger partial charge in [-0.2, -0.15) is 0 Å². The Bertz CT molecular complexity index is 1420. The molecule has 0 bridgehead atoms. The molecule has 4 rings (SSSR count). The Kier molecular flexibility index (Phi) is 7.78. The maximum Gasteiger partial charge on any atom is 0.338 e. The quantitative estimate of drug-likeness (QED) is 0.365. The molecule has 1 aromatic heterocycles. The predicted molar refractivity (Wildman–Crippen MR) is 145 cm³/mol. The second kappa shape index (κ2) is 11.0. The average Bonchev–Trinajstić information content (AvgIpc) is 3.77. The molecule has 37 heavy (non-hydrogen) atoms. The van der Waals surface area contributed by atoms with E-state index in [0.717, 1.165) is 29.5 Å². The van der Waals surface area contributed by atoms with Crippen LogP contribution in [0.2, 0.25) is 0 Å². The lowest BCUT2D eigenvalue weighted by Crippen LogP contribution is -2.34. The highest BCUT2D eigenvalue weighted by molar-refractivity contribution is 7.89. The molecule has 0 unspecified atom stereocenters. The van der Waals surface area contributed by atoms with Crippen LogP contribution in [0.5, 0.6) is 0 Å². The summed E-state index contributed by atoms with van der Waals surface area (Å²) in [5, 5.41) is 0. The smallest absolute Gasteiger partial charge is 0.338 e. The Labute approximate surface area is 218 Å². The molecule has 1 saturated carbocycles. The number of hydrogen-bond donors (Lipinski definition) is 1. The monoisotopic (exact) mass is 517 g/mol. The van der Waals surface area contributed by atoms with Gasteiger partial charge in [-0.15, -0.1) is 0 Å². The minimum Gasteiger partial charge on any atom is -0.462 e. The first-order valence-corrected chi connectivity index (χ1v) is 13.6. The lowest BCUT2D eigenvalue weighted by atomic mass is 10.0. The molecule has 0 atom stereocenters. The van der Waals surface area contributed by atoms with Crippen molar-refractivity contribution in [1.29, 1.82) is 0 Å². The Morgan fingerprint density at radius 3 is 2.43 bits per heavy atom. The van der Waals surface area contributed by atoms with Crippen LogP contribution in [0.3, 0.4) is 0 Å². The van der Waals surface area contributed by atoms with E-state index < -0.39 is 16.0 Å². The molecular formula is C29H31N3O4S. The first-order chi connectivity index (χ1) is 17.8. The summed E-state index contributed by atoms with van der Waals surface area (Å²) in [4.78, 5) is 16.6. The zero-order valence-corrected chi connectivity index (χ0v) is 21.9. The number of sulfonamides is 1. The van der Waals surface area contributed by atoms with E-state index in [9.17, 15) is 13.2 Å². The molecule has 0 amide bonds. The zero-order chi connectivity index (χ0) is 26.6. The third kappa shape index (κ3) is 5.75. The molecule has 0 radical (unpaired) electrons. The van der Waals surface area contributed by atoms with Gasteiger partial charge in [0.2, 0.25) is 0 Å². The largest absolute Gasteiger partial charge is 0.462 e. The molecule has 0 aliphatic heterocycles. The van der Waals surface area contributed by atoms with E-state index in [0.29, 0.717) is 17.2 Å². The maximum absolute atomic E-state index is 13.9. The van der Waals surface area contributed by atoms with Crippen LogP contribution in [0.1, 0.15) is 65.3 Å². The first-order valence-electron chi connectivity index (χ1n) is 12.2. The number of benzene rings is 2. The molecule has 1 aliphatic carbocycles. The van der Waals surface area contributed by atoms with Crippen LogP contribution in [0.4, 0.5) is 0 Å². The summed E-state index contributed by atoms with van der Waals surface area (Å²) in [6, 6.07) is 17.0. The Balaban J connectivity index is 1.76. The molecule has 2 N–H and O–H groups in total. The van der Waals surface area contributed by atoms with Crippen molar-refractivity contribution >= 4 is 27.6 Å². The average molecular weight is 518 g/mol. The van der Waals surface area contributed by atoms with E-state index in [4.69, 9.17) is 10.5 Å². The molecule has 1 aliphatic rings. The molecule has 2 aromatic carbocycles. The van der Waals surface area contributed by atoms with Gasteiger partial charge in [-0.3, -0.25) is 4.98 Å². The highest BCUT2D eigenvalue weighted by atomic mass is 32.2. The van der Waals surface area contributed by atoms with Crippen molar-refractivity contribution in [2.45, 2.75) is 44.0 Å². The number of ether oxygens (including phenoxy) is 1. The number of pyridine rings is 1. The van der Waals surface area contributed by atoms with E-state index in [-0.39, 0.29) is 29.4 Å². The Hall–Kier alpha value is -3.91. The molecule has 8 heteroatoms. The summed E-state index contributed by atoms with van der Waals surface area (Å²) in [6.07, 6.45) is 5.82. The number of hydrogen-bond acceptors (Lipinski definition) is 6. The van der Waals surface area contributed by atoms with Gasteiger partial charge >= 0.3 is 5.97 Å². The van der Waals surface area contributed by atoms with Gasteiger partial charge in [0.25, 0.3) is 10.0 Å².